The number of nitrogens with one attached hydrogen (secondary N) is 1. The zero-order valence-electron chi connectivity index (χ0n) is 15.4. The van der Waals surface area contributed by atoms with Gasteiger partial charge in [-0.1, -0.05) is 24.3 Å². The number of para-hydroxylation sites is 1. The molecule has 1 fully saturated rings. The molecule has 27 heavy (non-hydrogen) atoms. The molecule has 1 aliphatic rings. The first-order valence-corrected chi connectivity index (χ1v) is 10.4. The first-order chi connectivity index (χ1) is 12.8. The van der Waals surface area contributed by atoms with Crippen molar-refractivity contribution in [3.05, 3.63) is 59.4 Å². The number of sulfonamides is 1. The van der Waals surface area contributed by atoms with Crippen molar-refractivity contribution in [1.82, 2.24) is 4.31 Å². The van der Waals surface area contributed by atoms with E-state index in [1.54, 1.807) is 31.2 Å². The molecule has 7 heteroatoms. The van der Waals surface area contributed by atoms with E-state index in [0.29, 0.717) is 23.3 Å². The van der Waals surface area contributed by atoms with Gasteiger partial charge < -0.3 is 5.32 Å². The fraction of sp³-hybridized carbons (Fsp3) is 0.350. The lowest BCUT2D eigenvalue weighted by molar-refractivity contribution is -0.120. The molecule has 1 saturated heterocycles. The Labute approximate surface area is 159 Å². The molecule has 0 aliphatic carbocycles. The number of halogens is 1. The van der Waals surface area contributed by atoms with Crippen molar-refractivity contribution < 1.29 is 17.6 Å². The van der Waals surface area contributed by atoms with Gasteiger partial charge in [0.2, 0.25) is 15.9 Å². The topological polar surface area (TPSA) is 66.5 Å². The van der Waals surface area contributed by atoms with Gasteiger partial charge in [0.05, 0.1) is 10.6 Å². The monoisotopic (exact) mass is 390 g/mol. The summed E-state index contributed by atoms with van der Waals surface area (Å²) in [5.41, 5.74) is 1.74. The maximum atomic E-state index is 13.7. The third-order valence-electron chi connectivity index (χ3n) is 4.92. The molecule has 0 radical (unpaired) electrons. The van der Waals surface area contributed by atoms with E-state index in [4.69, 9.17) is 0 Å². The van der Waals surface area contributed by atoms with Crippen LogP contribution in [0.4, 0.5) is 10.1 Å². The Kier molecular flexibility index (Phi) is 5.62. The van der Waals surface area contributed by atoms with E-state index < -0.39 is 15.8 Å². The number of benzene rings is 2. The second-order valence-electron chi connectivity index (χ2n) is 6.92. The summed E-state index contributed by atoms with van der Waals surface area (Å²) in [5, 5.41) is 2.60. The van der Waals surface area contributed by atoms with Crippen LogP contribution < -0.4 is 5.32 Å². The zero-order valence-corrected chi connectivity index (χ0v) is 16.2. The minimum absolute atomic E-state index is 0.146. The standard InChI is InChI=1S/C20H23FN2O3S/c1-14-7-8-15(2)19(13-14)27(25,26)23-11-9-16(10-12-23)20(24)22-18-6-4-3-5-17(18)21/h3-8,13,16H,9-12H2,1-2H3,(H,22,24). The summed E-state index contributed by atoms with van der Waals surface area (Å²) in [6.45, 7) is 4.18. The number of hydrogen-bond acceptors (Lipinski definition) is 3. The van der Waals surface area contributed by atoms with E-state index in [2.05, 4.69) is 5.32 Å². The van der Waals surface area contributed by atoms with E-state index in [-0.39, 0.29) is 30.6 Å². The number of amides is 1. The van der Waals surface area contributed by atoms with Gasteiger partial charge in [-0.15, -0.1) is 0 Å². The van der Waals surface area contributed by atoms with Crippen LogP contribution >= 0.6 is 0 Å². The molecule has 3 rings (SSSR count). The van der Waals surface area contributed by atoms with Crippen molar-refractivity contribution in [2.75, 3.05) is 18.4 Å². The normalized spacial score (nSPS) is 16.3. The summed E-state index contributed by atoms with van der Waals surface area (Å²) in [7, 11) is -3.59. The maximum absolute atomic E-state index is 13.7. The predicted molar refractivity (Wildman–Crippen MR) is 102 cm³/mol. The molecule has 1 aliphatic heterocycles. The van der Waals surface area contributed by atoms with E-state index in [9.17, 15) is 17.6 Å². The minimum atomic E-state index is -3.59. The highest BCUT2D eigenvalue weighted by molar-refractivity contribution is 7.89. The van der Waals surface area contributed by atoms with Crippen LogP contribution in [0.15, 0.2) is 47.4 Å². The third-order valence-corrected chi connectivity index (χ3v) is 6.96. The van der Waals surface area contributed by atoms with E-state index in [1.807, 2.05) is 13.0 Å². The first-order valence-electron chi connectivity index (χ1n) is 8.92. The molecular weight excluding hydrogens is 367 g/mol. The highest BCUT2D eigenvalue weighted by Crippen LogP contribution is 2.27. The lowest BCUT2D eigenvalue weighted by Crippen LogP contribution is -2.41. The molecule has 0 unspecified atom stereocenters. The van der Waals surface area contributed by atoms with Crippen LogP contribution in [0.5, 0.6) is 0 Å². The number of rotatable bonds is 4. The van der Waals surface area contributed by atoms with Crippen molar-refractivity contribution in [2.24, 2.45) is 5.92 Å². The number of carbonyl (C=O) groups excluding carboxylic acids is 1. The second kappa shape index (κ2) is 7.78. The number of nitrogens with zero attached hydrogens (tertiary/aromatic N) is 1. The fourth-order valence-corrected chi connectivity index (χ4v) is 5.06. The molecule has 2 aromatic carbocycles. The molecule has 0 aromatic heterocycles. The van der Waals surface area contributed by atoms with Gasteiger partial charge in [0, 0.05) is 19.0 Å². The molecule has 1 amide bonds. The molecule has 0 saturated carbocycles. The van der Waals surface area contributed by atoms with Crippen LogP contribution in [0.25, 0.3) is 0 Å². The third kappa shape index (κ3) is 4.20. The van der Waals surface area contributed by atoms with Gasteiger partial charge in [-0.25, -0.2) is 12.8 Å². The Morgan fingerprint density at radius 2 is 1.78 bits per heavy atom. The summed E-state index contributed by atoms with van der Waals surface area (Å²) in [6.07, 6.45) is 0.814. The number of anilines is 1. The largest absolute Gasteiger partial charge is 0.323 e. The van der Waals surface area contributed by atoms with E-state index in [0.717, 1.165) is 5.56 Å². The number of hydrogen-bond donors (Lipinski definition) is 1. The summed E-state index contributed by atoms with van der Waals surface area (Å²) < 4.78 is 41.0. The first kappa shape index (κ1) is 19.5. The molecule has 144 valence electrons. The Balaban J connectivity index is 1.67. The van der Waals surface area contributed by atoms with Gasteiger partial charge in [-0.3, -0.25) is 4.79 Å². The van der Waals surface area contributed by atoms with Gasteiger partial charge in [-0.2, -0.15) is 4.31 Å². The Morgan fingerprint density at radius 1 is 1.11 bits per heavy atom. The Bertz CT molecular complexity index is 951. The average Bonchev–Trinajstić information content (AvgIpc) is 2.65. The van der Waals surface area contributed by atoms with Crippen molar-refractivity contribution >= 4 is 21.6 Å². The van der Waals surface area contributed by atoms with Crippen LogP contribution in [0.2, 0.25) is 0 Å². The van der Waals surface area contributed by atoms with Crippen LogP contribution in [-0.2, 0) is 14.8 Å². The number of carbonyl (C=O) groups is 1. The summed E-state index contributed by atoms with van der Waals surface area (Å²) in [6, 6.07) is 11.4. The van der Waals surface area contributed by atoms with Crippen molar-refractivity contribution in [3.8, 4) is 0 Å². The van der Waals surface area contributed by atoms with Crippen LogP contribution in [0, 0.1) is 25.6 Å². The minimum Gasteiger partial charge on any atom is -0.323 e. The van der Waals surface area contributed by atoms with Gasteiger partial charge >= 0.3 is 0 Å². The molecule has 1 heterocycles. The van der Waals surface area contributed by atoms with Crippen molar-refractivity contribution in [2.45, 2.75) is 31.6 Å². The molecule has 0 spiro atoms. The van der Waals surface area contributed by atoms with Gasteiger partial charge in [0.1, 0.15) is 5.82 Å². The average molecular weight is 390 g/mol. The van der Waals surface area contributed by atoms with Crippen LogP contribution in [0.3, 0.4) is 0 Å². The quantitative estimate of drug-likeness (QED) is 0.869. The maximum Gasteiger partial charge on any atom is 0.243 e. The molecule has 0 atom stereocenters. The Morgan fingerprint density at radius 3 is 2.44 bits per heavy atom. The smallest absolute Gasteiger partial charge is 0.243 e. The van der Waals surface area contributed by atoms with E-state index in [1.165, 1.54) is 16.4 Å². The Hall–Kier alpha value is -2.25. The lowest BCUT2D eigenvalue weighted by Gasteiger charge is -2.31. The molecular formula is C20H23FN2O3S. The SMILES string of the molecule is Cc1ccc(C)c(S(=O)(=O)N2CCC(C(=O)Nc3ccccc3F)CC2)c1. The summed E-state index contributed by atoms with van der Waals surface area (Å²) >= 11 is 0. The highest BCUT2D eigenvalue weighted by Gasteiger charge is 2.33. The number of piperidine rings is 1. The van der Waals surface area contributed by atoms with Crippen molar-refractivity contribution in [1.29, 1.82) is 0 Å². The van der Waals surface area contributed by atoms with Gasteiger partial charge in [0.25, 0.3) is 0 Å². The number of aryl methyl sites for hydroxylation is 2. The zero-order chi connectivity index (χ0) is 19.6. The van der Waals surface area contributed by atoms with Gasteiger partial charge in [-0.05, 0) is 56.0 Å². The highest BCUT2D eigenvalue weighted by atomic mass is 32.2. The van der Waals surface area contributed by atoms with Gasteiger partial charge in [0.15, 0.2) is 0 Å². The predicted octanol–water partition coefficient (Wildman–Crippen LogP) is 3.48. The summed E-state index contributed by atoms with van der Waals surface area (Å²) in [4.78, 5) is 12.7. The fourth-order valence-electron chi connectivity index (χ4n) is 3.28. The summed E-state index contributed by atoms with van der Waals surface area (Å²) in [5.74, 6) is -1.10. The molecule has 1 N–H and O–H groups in total. The second-order valence-corrected chi connectivity index (χ2v) is 8.82. The lowest BCUT2D eigenvalue weighted by atomic mass is 9.97. The molecule has 5 nitrogen and oxygen atoms in total. The van der Waals surface area contributed by atoms with E-state index >= 15 is 0 Å². The van der Waals surface area contributed by atoms with Crippen LogP contribution in [-0.4, -0.2) is 31.7 Å². The van der Waals surface area contributed by atoms with Crippen molar-refractivity contribution in [3.63, 3.8) is 0 Å². The molecule has 2 aromatic rings. The van der Waals surface area contributed by atoms with Crippen LogP contribution in [0.1, 0.15) is 24.0 Å². The molecule has 0 bridgehead atoms.